The van der Waals surface area contributed by atoms with Crippen molar-refractivity contribution in [2.75, 3.05) is 5.32 Å². The van der Waals surface area contributed by atoms with Crippen LogP contribution < -0.4 is 5.32 Å². The van der Waals surface area contributed by atoms with Crippen LogP contribution in [0.5, 0.6) is 0 Å². The first-order valence-electron chi connectivity index (χ1n) is 5.76. The van der Waals surface area contributed by atoms with Gasteiger partial charge in [0.1, 0.15) is 5.82 Å². The van der Waals surface area contributed by atoms with Crippen LogP contribution in [-0.4, -0.2) is 26.1 Å². The van der Waals surface area contributed by atoms with Gasteiger partial charge in [0.05, 0.1) is 5.60 Å². The second kappa shape index (κ2) is 4.30. The lowest BCUT2D eigenvalue weighted by molar-refractivity contribution is -0.0234. The molecule has 2 rings (SSSR count). The highest BCUT2D eigenvalue weighted by atomic mass is 32.1. The van der Waals surface area contributed by atoms with Gasteiger partial charge in [0.2, 0.25) is 5.13 Å². The highest BCUT2D eigenvalue weighted by molar-refractivity contribution is 7.09. The first-order valence-corrected chi connectivity index (χ1v) is 6.53. The molecule has 0 aliphatic heterocycles. The summed E-state index contributed by atoms with van der Waals surface area (Å²) in [5.41, 5.74) is -0.483. The Labute approximate surface area is 100 Å². The maximum absolute atomic E-state index is 9.61. The van der Waals surface area contributed by atoms with E-state index in [0.717, 1.165) is 30.2 Å². The van der Waals surface area contributed by atoms with Gasteiger partial charge in [-0.15, -0.1) is 0 Å². The van der Waals surface area contributed by atoms with Crippen molar-refractivity contribution in [3.8, 4) is 0 Å². The smallest absolute Gasteiger partial charge is 0.202 e. The molecule has 1 aliphatic rings. The molecule has 1 heterocycles. The lowest BCUT2D eigenvalue weighted by Gasteiger charge is -2.40. The summed E-state index contributed by atoms with van der Waals surface area (Å²) >= 11 is 1.42. The Morgan fingerprint density at radius 2 is 2.25 bits per heavy atom. The Morgan fingerprint density at radius 1 is 1.56 bits per heavy atom. The maximum atomic E-state index is 9.61. The lowest BCUT2D eigenvalue weighted by Crippen LogP contribution is -2.48. The zero-order valence-electron chi connectivity index (χ0n) is 10.0. The summed E-state index contributed by atoms with van der Waals surface area (Å²) in [6.45, 7) is 6.20. The molecule has 0 amide bonds. The van der Waals surface area contributed by atoms with Gasteiger partial charge in [-0.2, -0.15) is 4.37 Å². The van der Waals surface area contributed by atoms with Crippen molar-refractivity contribution >= 4 is 16.7 Å². The van der Waals surface area contributed by atoms with Crippen LogP contribution in [0.15, 0.2) is 0 Å². The molecule has 5 heteroatoms. The summed E-state index contributed by atoms with van der Waals surface area (Å²) in [5.74, 6) is 1.51. The normalized spacial score (nSPS) is 29.2. The molecule has 16 heavy (non-hydrogen) atoms. The van der Waals surface area contributed by atoms with Gasteiger partial charge in [-0.25, -0.2) is 4.98 Å². The average molecular weight is 241 g/mol. The van der Waals surface area contributed by atoms with Crippen molar-refractivity contribution in [3.05, 3.63) is 5.82 Å². The average Bonchev–Trinajstić information content (AvgIpc) is 2.48. The van der Waals surface area contributed by atoms with E-state index in [9.17, 15) is 5.11 Å². The number of hydrogen-bond acceptors (Lipinski definition) is 5. The minimum Gasteiger partial charge on any atom is -0.390 e. The number of aromatic nitrogens is 2. The molecular weight excluding hydrogens is 222 g/mol. The van der Waals surface area contributed by atoms with Crippen LogP contribution in [-0.2, 0) is 6.42 Å². The van der Waals surface area contributed by atoms with Crippen LogP contribution in [0.3, 0.4) is 0 Å². The molecule has 0 saturated heterocycles. The molecule has 2 N–H and O–H groups in total. The van der Waals surface area contributed by atoms with E-state index < -0.39 is 5.60 Å². The molecule has 0 unspecified atom stereocenters. The van der Waals surface area contributed by atoms with Crippen molar-refractivity contribution in [2.24, 2.45) is 5.92 Å². The summed E-state index contributed by atoms with van der Waals surface area (Å²) in [6.07, 6.45) is 2.53. The second-order valence-corrected chi connectivity index (χ2v) is 6.11. The van der Waals surface area contributed by atoms with Crippen molar-refractivity contribution in [2.45, 2.75) is 51.7 Å². The van der Waals surface area contributed by atoms with Gasteiger partial charge in [0.15, 0.2) is 0 Å². The molecule has 0 atom stereocenters. The molecule has 0 spiro atoms. The zero-order valence-corrected chi connectivity index (χ0v) is 10.8. The van der Waals surface area contributed by atoms with E-state index >= 15 is 0 Å². The highest BCUT2D eigenvalue weighted by Crippen LogP contribution is 2.33. The fourth-order valence-corrected chi connectivity index (χ4v) is 2.71. The van der Waals surface area contributed by atoms with Crippen LogP contribution >= 0.6 is 11.5 Å². The summed E-state index contributed by atoms with van der Waals surface area (Å²) < 4.78 is 4.31. The van der Waals surface area contributed by atoms with Crippen LogP contribution in [0, 0.1) is 5.92 Å². The van der Waals surface area contributed by atoms with E-state index in [-0.39, 0.29) is 0 Å². The van der Waals surface area contributed by atoms with Crippen LogP contribution in [0.2, 0.25) is 0 Å². The van der Waals surface area contributed by atoms with Crippen LogP contribution in [0.25, 0.3) is 0 Å². The second-order valence-electron chi connectivity index (χ2n) is 5.36. The third kappa shape index (κ3) is 2.92. The number of hydrogen-bond donors (Lipinski definition) is 2. The van der Waals surface area contributed by atoms with Crippen molar-refractivity contribution < 1.29 is 5.11 Å². The fourth-order valence-electron chi connectivity index (χ4n) is 2.04. The summed E-state index contributed by atoms with van der Waals surface area (Å²) in [4.78, 5) is 4.43. The van der Waals surface area contributed by atoms with Gasteiger partial charge in [0, 0.05) is 24.0 Å². The summed E-state index contributed by atoms with van der Waals surface area (Å²) in [5, 5.41) is 13.8. The Hall–Kier alpha value is -0.680. The molecule has 1 aromatic heterocycles. The van der Waals surface area contributed by atoms with E-state index in [1.807, 2.05) is 6.92 Å². The SMILES string of the molecule is CC(C)Cc1nsc(NC2CC(C)(O)C2)n1. The van der Waals surface area contributed by atoms with E-state index in [1.54, 1.807) is 0 Å². The molecular formula is C11H19N3OS. The van der Waals surface area contributed by atoms with E-state index in [4.69, 9.17) is 0 Å². The van der Waals surface area contributed by atoms with Gasteiger partial charge >= 0.3 is 0 Å². The zero-order chi connectivity index (χ0) is 11.8. The molecule has 0 bridgehead atoms. The minimum atomic E-state index is -0.483. The summed E-state index contributed by atoms with van der Waals surface area (Å²) in [7, 11) is 0. The number of nitrogens with zero attached hydrogens (tertiary/aromatic N) is 2. The lowest BCUT2D eigenvalue weighted by atomic mass is 9.77. The topological polar surface area (TPSA) is 58.0 Å². The molecule has 1 aromatic rings. The van der Waals surface area contributed by atoms with E-state index in [2.05, 4.69) is 28.5 Å². The van der Waals surface area contributed by atoms with Gasteiger partial charge in [0.25, 0.3) is 0 Å². The number of nitrogens with one attached hydrogen (secondary N) is 1. The molecule has 90 valence electrons. The van der Waals surface area contributed by atoms with E-state index in [1.165, 1.54) is 11.5 Å². The predicted molar refractivity (Wildman–Crippen MR) is 65.7 cm³/mol. The monoisotopic (exact) mass is 241 g/mol. The van der Waals surface area contributed by atoms with Gasteiger partial charge < -0.3 is 10.4 Å². The first kappa shape index (κ1) is 11.8. The van der Waals surface area contributed by atoms with Crippen molar-refractivity contribution in [1.82, 2.24) is 9.36 Å². The largest absolute Gasteiger partial charge is 0.390 e. The van der Waals surface area contributed by atoms with Crippen molar-refractivity contribution in [3.63, 3.8) is 0 Å². The fraction of sp³-hybridized carbons (Fsp3) is 0.818. The predicted octanol–water partition coefficient (Wildman–Crippen LogP) is 2.06. The standard InChI is InChI=1S/C11H19N3OS/c1-7(2)4-9-13-10(16-14-9)12-8-5-11(3,15)6-8/h7-8,15H,4-6H2,1-3H3,(H,12,13,14). The van der Waals surface area contributed by atoms with E-state index in [0.29, 0.717) is 12.0 Å². The summed E-state index contributed by atoms with van der Waals surface area (Å²) in [6, 6.07) is 0.356. The quantitative estimate of drug-likeness (QED) is 0.847. The van der Waals surface area contributed by atoms with Crippen molar-refractivity contribution in [1.29, 1.82) is 0 Å². The molecule has 0 aromatic carbocycles. The first-order chi connectivity index (χ1) is 7.44. The number of aliphatic hydroxyl groups is 1. The van der Waals surface area contributed by atoms with Crippen LogP contribution in [0.4, 0.5) is 5.13 Å². The third-order valence-electron chi connectivity index (χ3n) is 2.76. The Morgan fingerprint density at radius 3 is 2.81 bits per heavy atom. The molecule has 0 radical (unpaired) electrons. The van der Waals surface area contributed by atoms with Gasteiger partial charge in [-0.3, -0.25) is 0 Å². The molecule has 1 fully saturated rings. The van der Waals surface area contributed by atoms with Gasteiger partial charge in [-0.05, 0) is 25.7 Å². The molecule has 4 nitrogen and oxygen atoms in total. The highest BCUT2D eigenvalue weighted by Gasteiger charge is 2.38. The number of anilines is 1. The Bertz CT molecular complexity index is 354. The third-order valence-corrected chi connectivity index (χ3v) is 3.44. The maximum Gasteiger partial charge on any atom is 0.202 e. The molecule has 1 saturated carbocycles. The minimum absolute atomic E-state index is 0.356. The Balaban J connectivity index is 1.84. The number of rotatable bonds is 4. The van der Waals surface area contributed by atoms with Gasteiger partial charge in [-0.1, -0.05) is 13.8 Å². The van der Waals surface area contributed by atoms with Crippen LogP contribution in [0.1, 0.15) is 39.4 Å². The molecule has 1 aliphatic carbocycles. The Kier molecular flexibility index (Phi) is 3.17.